The summed E-state index contributed by atoms with van der Waals surface area (Å²) < 4.78 is 18.6. The van der Waals surface area contributed by atoms with E-state index in [-0.39, 0.29) is 11.7 Å². The Morgan fingerprint density at radius 2 is 1.93 bits per heavy atom. The van der Waals surface area contributed by atoms with Crippen molar-refractivity contribution in [3.05, 3.63) is 70.2 Å². The van der Waals surface area contributed by atoms with E-state index in [0.29, 0.717) is 36.2 Å². The van der Waals surface area contributed by atoms with Crippen molar-refractivity contribution in [3.63, 3.8) is 0 Å². The Bertz CT molecular complexity index is 1070. The van der Waals surface area contributed by atoms with Crippen molar-refractivity contribution in [3.8, 4) is 0 Å². The first-order chi connectivity index (χ1) is 13.0. The minimum atomic E-state index is -0.397. The highest BCUT2D eigenvalue weighted by atomic mass is 19.1. The summed E-state index contributed by atoms with van der Waals surface area (Å²) >= 11 is 0. The number of aryl methyl sites for hydroxylation is 1. The number of esters is 1. The molecule has 1 aliphatic heterocycles. The zero-order valence-corrected chi connectivity index (χ0v) is 15.1. The highest BCUT2D eigenvalue weighted by Gasteiger charge is 2.25. The van der Waals surface area contributed by atoms with E-state index in [4.69, 9.17) is 4.74 Å². The third kappa shape index (κ3) is 2.97. The second kappa shape index (κ2) is 6.54. The molecular formula is C21H19FN2O3. The van der Waals surface area contributed by atoms with Crippen LogP contribution in [-0.2, 0) is 17.7 Å². The van der Waals surface area contributed by atoms with Crippen molar-refractivity contribution in [1.82, 2.24) is 9.88 Å². The Balaban J connectivity index is 1.68. The number of hydrogen-bond donors (Lipinski definition) is 1. The first kappa shape index (κ1) is 17.3. The fourth-order valence-electron chi connectivity index (χ4n) is 3.54. The number of H-pyrrole nitrogens is 1. The minimum Gasteiger partial charge on any atom is -0.465 e. The quantitative estimate of drug-likeness (QED) is 0.705. The molecule has 5 nitrogen and oxygen atoms in total. The highest BCUT2D eigenvalue weighted by Crippen LogP contribution is 2.29. The molecule has 0 aliphatic carbocycles. The van der Waals surface area contributed by atoms with Gasteiger partial charge < -0.3 is 14.6 Å². The second-order valence-corrected chi connectivity index (χ2v) is 6.77. The topological polar surface area (TPSA) is 62.4 Å². The number of ether oxygens (including phenoxy) is 1. The number of rotatable bonds is 2. The van der Waals surface area contributed by atoms with Crippen LogP contribution in [0.4, 0.5) is 4.39 Å². The van der Waals surface area contributed by atoms with Crippen molar-refractivity contribution in [2.45, 2.75) is 19.9 Å². The van der Waals surface area contributed by atoms with Crippen molar-refractivity contribution >= 4 is 22.8 Å². The van der Waals surface area contributed by atoms with E-state index in [1.54, 1.807) is 36.1 Å². The molecule has 0 atom stereocenters. The summed E-state index contributed by atoms with van der Waals surface area (Å²) in [6.45, 7) is 2.63. The molecule has 27 heavy (non-hydrogen) atoms. The fraction of sp³-hybridized carbons (Fsp3) is 0.238. The number of fused-ring (bicyclic) bond motifs is 3. The number of aromatic amines is 1. The Kier molecular flexibility index (Phi) is 4.18. The van der Waals surface area contributed by atoms with Gasteiger partial charge in [0.05, 0.1) is 12.7 Å². The lowest BCUT2D eigenvalue weighted by molar-refractivity contribution is 0.0600. The lowest BCUT2D eigenvalue weighted by Gasteiger charge is -2.27. The first-order valence-corrected chi connectivity index (χ1v) is 8.75. The maximum absolute atomic E-state index is 13.8. The number of nitrogens with one attached hydrogen (secondary N) is 1. The van der Waals surface area contributed by atoms with Gasteiger partial charge in [0, 0.05) is 47.2 Å². The number of aromatic nitrogens is 1. The normalized spacial score (nSPS) is 13.5. The molecule has 1 N–H and O–H groups in total. The summed E-state index contributed by atoms with van der Waals surface area (Å²) in [5, 5.41) is 0.903. The molecule has 0 spiro atoms. The predicted molar refractivity (Wildman–Crippen MR) is 99.2 cm³/mol. The van der Waals surface area contributed by atoms with Crippen LogP contribution in [0, 0.1) is 12.7 Å². The fourth-order valence-corrected chi connectivity index (χ4v) is 3.54. The summed E-state index contributed by atoms with van der Waals surface area (Å²) in [5.41, 5.74) is 4.30. The monoisotopic (exact) mass is 366 g/mol. The minimum absolute atomic E-state index is 0.196. The van der Waals surface area contributed by atoms with Crippen LogP contribution in [0.25, 0.3) is 10.9 Å². The zero-order valence-electron chi connectivity index (χ0n) is 15.1. The molecule has 3 aromatic rings. The zero-order chi connectivity index (χ0) is 19.1. The van der Waals surface area contributed by atoms with Crippen molar-refractivity contribution in [2.75, 3.05) is 13.7 Å². The van der Waals surface area contributed by atoms with Crippen molar-refractivity contribution in [1.29, 1.82) is 0 Å². The molecule has 1 amide bonds. The van der Waals surface area contributed by atoms with E-state index in [0.717, 1.165) is 22.2 Å². The van der Waals surface area contributed by atoms with Gasteiger partial charge in [0.1, 0.15) is 5.82 Å². The molecule has 1 aliphatic rings. The average Bonchev–Trinajstić information content (AvgIpc) is 3.05. The molecular weight excluding hydrogens is 347 g/mol. The van der Waals surface area contributed by atoms with Gasteiger partial charge in [0.25, 0.3) is 5.91 Å². The van der Waals surface area contributed by atoms with Crippen LogP contribution in [-0.4, -0.2) is 35.4 Å². The molecule has 0 saturated carbocycles. The van der Waals surface area contributed by atoms with Gasteiger partial charge in [-0.25, -0.2) is 9.18 Å². The van der Waals surface area contributed by atoms with Gasteiger partial charge in [0.2, 0.25) is 0 Å². The van der Waals surface area contributed by atoms with Gasteiger partial charge in [-0.15, -0.1) is 0 Å². The molecule has 0 bridgehead atoms. The van der Waals surface area contributed by atoms with Crippen LogP contribution in [0.5, 0.6) is 0 Å². The molecule has 0 unspecified atom stereocenters. The van der Waals surface area contributed by atoms with Crippen LogP contribution in [0.3, 0.4) is 0 Å². The van der Waals surface area contributed by atoms with Crippen LogP contribution < -0.4 is 0 Å². The number of carbonyl (C=O) groups excluding carboxylic acids is 2. The Morgan fingerprint density at radius 1 is 1.15 bits per heavy atom. The van der Waals surface area contributed by atoms with E-state index < -0.39 is 5.97 Å². The van der Waals surface area contributed by atoms with Crippen molar-refractivity contribution in [2.24, 2.45) is 0 Å². The lowest BCUT2D eigenvalue weighted by atomic mass is 10.0. The van der Waals surface area contributed by atoms with E-state index in [2.05, 4.69) is 4.98 Å². The Hall–Kier alpha value is -3.15. The standard InChI is InChI=1S/C21H19FN2O3/c1-12-3-4-13(10-17(12)22)20(25)24-8-7-19-16(11-24)15-9-14(21(26)27-2)5-6-18(15)23-19/h3-6,9-10,23H,7-8,11H2,1-2H3. The summed E-state index contributed by atoms with van der Waals surface area (Å²) in [7, 11) is 1.35. The summed E-state index contributed by atoms with van der Waals surface area (Å²) in [6.07, 6.45) is 0.678. The number of amides is 1. The number of methoxy groups -OCH3 is 1. The second-order valence-electron chi connectivity index (χ2n) is 6.77. The number of hydrogen-bond acceptors (Lipinski definition) is 3. The van der Waals surface area contributed by atoms with Gasteiger partial charge in [-0.2, -0.15) is 0 Å². The number of benzene rings is 2. The molecule has 138 valence electrons. The predicted octanol–water partition coefficient (Wildman–Crippen LogP) is 3.60. The molecule has 0 fully saturated rings. The summed E-state index contributed by atoms with van der Waals surface area (Å²) in [5.74, 6) is -0.975. The maximum Gasteiger partial charge on any atom is 0.337 e. The molecule has 6 heteroatoms. The van der Waals surface area contributed by atoms with Crippen LogP contribution in [0.15, 0.2) is 36.4 Å². The van der Waals surface area contributed by atoms with E-state index in [1.165, 1.54) is 13.2 Å². The molecule has 0 saturated heterocycles. The van der Waals surface area contributed by atoms with E-state index >= 15 is 0 Å². The van der Waals surface area contributed by atoms with Gasteiger partial charge in [-0.3, -0.25) is 4.79 Å². The van der Waals surface area contributed by atoms with Crippen LogP contribution in [0.1, 0.15) is 37.5 Å². The molecule has 2 aromatic carbocycles. The lowest BCUT2D eigenvalue weighted by Crippen LogP contribution is -2.35. The average molecular weight is 366 g/mol. The number of nitrogens with zero attached hydrogens (tertiary/aromatic N) is 1. The molecule has 2 heterocycles. The third-order valence-corrected chi connectivity index (χ3v) is 5.10. The largest absolute Gasteiger partial charge is 0.465 e. The number of carbonyl (C=O) groups is 2. The maximum atomic E-state index is 13.8. The SMILES string of the molecule is COC(=O)c1ccc2[nH]c3c(c2c1)CN(C(=O)c1ccc(C)c(F)c1)CC3. The highest BCUT2D eigenvalue weighted by molar-refractivity contribution is 5.97. The van der Waals surface area contributed by atoms with Gasteiger partial charge in [0.15, 0.2) is 0 Å². The molecule has 0 radical (unpaired) electrons. The van der Waals surface area contributed by atoms with E-state index in [9.17, 15) is 14.0 Å². The smallest absolute Gasteiger partial charge is 0.337 e. The van der Waals surface area contributed by atoms with Gasteiger partial charge >= 0.3 is 5.97 Å². The van der Waals surface area contributed by atoms with Crippen LogP contribution in [0.2, 0.25) is 0 Å². The molecule has 4 rings (SSSR count). The Labute approximate surface area is 155 Å². The first-order valence-electron chi connectivity index (χ1n) is 8.75. The van der Waals surface area contributed by atoms with Crippen molar-refractivity contribution < 1.29 is 18.7 Å². The van der Waals surface area contributed by atoms with Crippen LogP contribution >= 0.6 is 0 Å². The van der Waals surface area contributed by atoms with Gasteiger partial charge in [-0.1, -0.05) is 6.07 Å². The molecule has 1 aromatic heterocycles. The summed E-state index contributed by atoms with van der Waals surface area (Å²) in [6, 6.07) is 9.91. The Morgan fingerprint density at radius 3 is 2.67 bits per heavy atom. The number of halogens is 1. The third-order valence-electron chi connectivity index (χ3n) is 5.10. The summed E-state index contributed by atoms with van der Waals surface area (Å²) in [4.78, 5) is 29.7. The van der Waals surface area contributed by atoms with Gasteiger partial charge in [-0.05, 0) is 42.8 Å². The van der Waals surface area contributed by atoms with E-state index in [1.807, 2.05) is 6.07 Å².